The number of carbonyl (C=O) groups is 3. The topological polar surface area (TPSA) is 87.3 Å². The van der Waals surface area contributed by atoms with E-state index in [-0.39, 0.29) is 30.7 Å². The number of anilines is 2. The van der Waals surface area contributed by atoms with Gasteiger partial charge in [-0.2, -0.15) is 0 Å². The first-order valence-electron chi connectivity index (χ1n) is 7.51. The van der Waals surface area contributed by atoms with Crippen molar-refractivity contribution in [2.45, 2.75) is 13.3 Å². The molecule has 0 aliphatic carbocycles. The zero-order valence-electron chi connectivity index (χ0n) is 13.3. The van der Waals surface area contributed by atoms with Crippen molar-refractivity contribution in [1.82, 2.24) is 5.32 Å². The van der Waals surface area contributed by atoms with Gasteiger partial charge in [0.25, 0.3) is 0 Å². The van der Waals surface area contributed by atoms with E-state index in [0.717, 1.165) is 5.56 Å². The standard InChI is InChI=1S/C18H19N3O3/c1-13(22)20-15-7-9-16(10-8-15)21-18(24)12-19-17(23)11-14-5-3-2-4-6-14/h2-10H,11-12H2,1H3,(H,19,23)(H,20,22)(H,21,24). The fourth-order valence-electron chi connectivity index (χ4n) is 2.07. The largest absolute Gasteiger partial charge is 0.347 e. The molecule has 2 aromatic carbocycles. The van der Waals surface area contributed by atoms with Crippen LogP contribution >= 0.6 is 0 Å². The third kappa shape index (κ3) is 5.92. The van der Waals surface area contributed by atoms with Crippen LogP contribution in [0.25, 0.3) is 0 Å². The lowest BCUT2D eigenvalue weighted by molar-refractivity contribution is -0.123. The molecule has 0 aromatic heterocycles. The molecule has 0 unspecified atom stereocenters. The zero-order chi connectivity index (χ0) is 17.4. The van der Waals surface area contributed by atoms with Gasteiger partial charge in [0, 0.05) is 18.3 Å². The fraction of sp³-hybridized carbons (Fsp3) is 0.167. The molecule has 2 rings (SSSR count). The van der Waals surface area contributed by atoms with E-state index in [4.69, 9.17) is 0 Å². The third-order valence-corrected chi connectivity index (χ3v) is 3.14. The minimum Gasteiger partial charge on any atom is -0.347 e. The Kier molecular flexibility index (Phi) is 6.08. The lowest BCUT2D eigenvalue weighted by Crippen LogP contribution is -2.33. The summed E-state index contributed by atoms with van der Waals surface area (Å²) in [4.78, 5) is 34.6. The fourth-order valence-corrected chi connectivity index (χ4v) is 2.07. The second-order valence-corrected chi connectivity index (χ2v) is 5.25. The summed E-state index contributed by atoms with van der Waals surface area (Å²) >= 11 is 0. The van der Waals surface area contributed by atoms with Gasteiger partial charge in [0.15, 0.2) is 0 Å². The quantitative estimate of drug-likeness (QED) is 0.758. The van der Waals surface area contributed by atoms with Gasteiger partial charge in [-0.25, -0.2) is 0 Å². The van der Waals surface area contributed by atoms with Gasteiger partial charge in [0.05, 0.1) is 13.0 Å². The molecule has 3 amide bonds. The van der Waals surface area contributed by atoms with Crippen molar-refractivity contribution in [3.8, 4) is 0 Å². The highest BCUT2D eigenvalue weighted by atomic mass is 16.2. The van der Waals surface area contributed by atoms with Gasteiger partial charge in [-0.3, -0.25) is 14.4 Å². The number of hydrogen-bond acceptors (Lipinski definition) is 3. The van der Waals surface area contributed by atoms with Crippen LogP contribution in [-0.2, 0) is 20.8 Å². The van der Waals surface area contributed by atoms with Gasteiger partial charge in [-0.15, -0.1) is 0 Å². The average molecular weight is 325 g/mol. The minimum atomic E-state index is -0.316. The Labute approximate surface area is 140 Å². The van der Waals surface area contributed by atoms with Crippen LogP contribution in [0.3, 0.4) is 0 Å². The molecule has 0 atom stereocenters. The van der Waals surface area contributed by atoms with Crippen molar-refractivity contribution in [3.63, 3.8) is 0 Å². The maximum Gasteiger partial charge on any atom is 0.243 e. The van der Waals surface area contributed by atoms with Gasteiger partial charge in [-0.1, -0.05) is 30.3 Å². The Hall–Kier alpha value is -3.15. The average Bonchev–Trinajstić information content (AvgIpc) is 2.55. The van der Waals surface area contributed by atoms with Crippen LogP contribution in [0, 0.1) is 0 Å². The maximum absolute atomic E-state index is 11.8. The van der Waals surface area contributed by atoms with Crippen LogP contribution in [-0.4, -0.2) is 24.3 Å². The number of hydrogen-bond donors (Lipinski definition) is 3. The summed E-state index contributed by atoms with van der Waals surface area (Å²) < 4.78 is 0. The van der Waals surface area contributed by atoms with E-state index >= 15 is 0 Å². The van der Waals surface area contributed by atoms with Crippen molar-refractivity contribution in [3.05, 3.63) is 60.2 Å². The Morgan fingerprint density at radius 3 is 1.96 bits per heavy atom. The second kappa shape index (κ2) is 8.47. The highest BCUT2D eigenvalue weighted by molar-refractivity contribution is 5.95. The lowest BCUT2D eigenvalue weighted by Gasteiger charge is -2.08. The molecule has 0 spiro atoms. The summed E-state index contributed by atoms with van der Waals surface area (Å²) in [5.74, 6) is -0.686. The maximum atomic E-state index is 11.8. The predicted octanol–water partition coefficient (Wildman–Crippen LogP) is 1.94. The second-order valence-electron chi connectivity index (χ2n) is 5.25. The molecule has 0 radical (unpaired) electrons. The molecule has 0 saturated heterocycles. The Morgan fingerprint density at radius 2 is 1.38 bits per heavy atom. The summed E-state index contributed by atoms with van der Waals surface area (Å²) in [6, 6.07) is 16.0. The monoisotopic (exact) mass is 325 g/mol. The highest BCUT2D eigenvalue weighted by Crippen LogP contribution is 2.13. The van der Waals surface area contributed by atoms with Crippen molar-refractivity contribution in [2.24, 2.45) is 0 Å². The van der Waals surface area contributed by atoms with E-state index in [1.165, 1.54) is 6.92 Å². The summed E-state index contributed by atoms with van der Waals surface area (Å²) in [5, 5.41) is 7.90. The van der Waals surface area contributed by atoms with Gasteiger partial charge < -0.3 is 16.0 Å². The molecule has 0 fully saturated rings. The molecule has 6 heteroatoms. The third-order valence-electron chi connectivity index (χ3n) is 3.14. The van der Waals surface area contributed by atoms with E-state index in [9.17, 15) is 14.4 Å². The lowest BCUT2D eigenvalue weighted by atomic mass is 10.1. The normalized spacial score (nSPS) is 9.88. The van der Waals surface area contributed by atoms with E-state index in [0.29, 0.717) is 11.4 Å². The molecule has 0 saturated carbocycles. The number of benzene rings is 2. The number of rotatable bonds is 6. The minimum absolute atomic E-state index is 0.0981. The molecule has 0 aliphatic heterocycles. The van der Waals surface area contributed by atoms with Gasteiger partial charge >= 0.3 is 0 Å². The number of amides is 3. The Balaban J connectivity index is 1.76. The van der Waals surface area contributed by atoms with Crippen LogP contribution in [0.4, 0.5) is 11.4 Å². The molecular formula is C18H19N3O3. The Morgan fingerprint density at radius 1 is 0.792 bits per heavy atom. The molecule has 6 nitrogen and oxygen atoms in total. The van der Waals surface area contributed by atoms with Crippen LogP contribution in [0.1, 0.15) is 12.5 Å². The molecular weight excluding hydrogens is 306 g/mol. The van der Waals surface area contributed by atoms with Crippen molar-refractivity contribution in [1.29, 1.82) is 0 Å². The molecule has 24 heavy (non-hydrogen) atoms. The summed E-state index contributed by atoms with van der Waals surface area (Å²) in [5.41, 5.74) is 2.13. The molecule has 124 valence electrons. The van der Waals surface area contributed by atoms with Crippen LogP contribution in [0.15, 0.2) is 54.6 Å². The number of carbonyl (C=O) groups excluding carboxylic acids is 3. The van der Waals surface area contributed by atoms with E-state index < -0.39 is 0 Å². The zero-order valence-corrected chi connectivity index (χ0v) is 13.3. The van der Waals surface area contributed by atoms with Crippen molar-refractivity contribution in [2.75, 3.05) is 17.2 Å². The Bertz CT molecular complexity index is 712. The van der Waals surface area contributed by atoms with Crippen LogP contribution < -0.4 is 16.0 Å². The van der Waals surface area contributed by atoms with E-state index in [2.05, 4.69) is 16.0 Å². The van der Waals surface area contributed by atoms with E-state index in [1.54, 1.807) is 24.3 Å². The van der Waals surface area contributed by atoms with Crippen molar-refractivity contribution < 1.29 is 14.4 Å². The van der Waals surface area contributed by atoms with Gasteiger partial charge in [0.2, 0.25) is 17.7 Å². The molecule has 0 aliphatic rings. The van der Waals surface area contributed by atoms with Crippen molar-refractivity contribution >= 4 is 29.1 Å². The van der Waals surface area contributed by atoms with Crippen LogP contribution in [0.2, 0.25) is 0 Å². The molecule has 3 N–H and O–H groups in total. The summed E-state index contributed by atoms with van der Waals surface area (Å²) in [7, 11) is 0. The SMILES string of the molecule is CC(=O)Nc1ccc(NC(=O)CNC(=O)Cc2ccccc2)cc1. The van der Waals surface area contributed by atoms with Gasteiger partial charge in [-0.05, 0) is 29.8 Å². The van der Waals surface area contributed by atoms with Crippen LogP contribution in [0.5, 0.6) is 0 Å². The van der Waals surface area contributed by atoms with E-state index in [1.807, 2.05) is 30.3 Å². The molecule has 2 aromatic rings. The first-order chi connectivity index (χ1) is 11.5. The summed E-state index contributed by atoms with van der Waals surface area (Å²) in [6.07, 6.45) is 0.236. The van der Waals surface area contributed by atoms with Gasteiger partial charge in [0.1, 0.15) is 0 Å². The smallest absolute Gasteiger partial charge is 0.243 e. The first-order valence-corrected chi connectivity index (χ1v) is 7.51. The highest BCUT2D eigenvalue weighted by Gasteiger charge is 2.07. The predicted molar refractivity (Wildman–Crippen MR) is 92.5 cm³/mol. The first kappa shape index (κ1) is 17.2. The molecule has 0 heterocycles. The number of nitrogens with one attached hydrogen (secondary N) is 3. The molecule has 0 bridgehead atoms. The summed E-state index contributed by atoms with van der Waals surface area (Å²) in [6.45, 7) is 1.33.